The number of carbonyl (C=O) groups is 2. The summed E-state index contributed by atoms with van der Waals surface area (Å²) in [6, 6.07) is 9.30. The molecule has 0 spiro atoms. The lowest BCUT2D eigenvalue weighted by Crippen LogP contribution is -2.54. The summed E-state index contributed by atoms with van der Waals surface area (Å²) in [7, 11) is -3.82. The van der Waals surface area contributed by atoms with Crippen LogP contribution in [0.25, 0.3) is 0 Å². The van der Waals surface area contributed by atoms with E-state index < -0.39 is 34.1 Å². The molecule has 0 radical (unpaired) electrons. The third kappa shape index (κ3) is 7.59. The highest BCUT2D eigenvalue weighted by Gasteiger charge is 2.32. The molecule has 0 aliphatic heterocycles. The molecule has 2 aromatic carbocycles. The second kappa shape index (κ2) is 11.2. The molecule has 0 aromatic heterocycles. The number of hydrogen-bond donors (Lipinski definition) is 1. The summed E-state index contributed by atoms with van der Waals surface area (Å²) in [6.45, 7) is 10.2. The first-order valence-electron chi connectivity index (χ1n) is 11.1. The van der Waals surface area contributed by atoms with Gasteiger partial charge in [0.2, 0.25) is 21.8 Å². The minimum atomic E-state index is -3.82. The Labute approximate surface area is 218 Å². The molecule has 1 N–H and O–H groups in total. The van der Waals surface area contributed by atoms with E-state index in [-0.39, 0.29) is 12.5 Å². The Bertz CT molecular complexity index is 1190. The van der Waals surface area contributed by atoms with Gasteiger partial charge in [-0.3, -0.25) is 13.9 Å². The van der Waals surface area contributed by atoms with Gasteiger partial charge in [-0.2, -0.15) is 0 Å². The van der Waals surface area contributed by atoms with Crippen molar-refractivity contribution in [3.63, 3.8) is 0 Å². The van der Waals surface area contributed by atoms with E-state index in [0.29, 0.717) is 21.3 Å². The van der Waals surface area contributed by atoms with Gasteiger partial charge in [-0.15, -0.1) is 0 Å². The first-order valence-corrected chi connectivity index (χ1v) is 13.7. The van der Waals surface area contributed by atoms with Crippen molar-refractivity contribution in [3.8, 4) is 0 Å². The Kier molecular flexibility index (Phi) is 9.25. The van der Waals surface area contributed by atoms with Crippen LogP contribution < -0.4 is 9.62 Å². The standard InChI is InChI=1S/C25H33Cl2N3O4S/c1-16-10-8-13-22(17(16)2)30(35(7,33)34)15-23(31)29(18(3)24(32)28-25(4,5)6)14-19-20(26)11-9-12-21(19)27/h8-13,18H,14-15H2,1-7H3,(H,28,32)/t18-/m1/s1. The van der Waals surface area contributed by atoms with Crippen LogP contribution in [0.15, 0.2) is 36.4 Å². The molecule has 2 rings (SSSR count). The summed E-state index contributed by atoms with van der Waals surface area (Å²) >= 11 is 12.7. The van der Waals surface area contributed by atoms with Crippen molar-refractivity contribution < 1.29 is 18.0 Å². The molecule has 1 atom stereocenters. The highest BCUT2D eigenvalue weighted by Crippen LogP contribution is 2.28. The molecule has 0 heterocycles. The van der Waals surface area contributed by atoms with Gasteiger partial charge >= 0.3 is 0 Å². The minimum absolute atomic E-state index is 0.0690. The average molecular weight is 543 g/mol. The van der Waals surface area contributed by atoms with Crippen molar-refractivity contribution in [1.29, 1.82) is 0 Å². The molecule has 0 unspecified atom stereocenters. The zero-order valence-electron chi connectivity index (χ0n) is 21.1. The van der Waals surface area contributed by atoms with Crippen LogP contribution in [0.1, 0.15) is 44.4 Å². The number of nitrogens with one attached hydrogen (secondary N) is 1. The van der Waals surface area contributed by atoms with Gasteiger partial charge in [0.05, 0.1) is 11.9 Å². The largest absolute Gasteiger partial charge is 0.350 e. The Morgan fingerprint density at radius 1 is 1.03 bits per heavy atom. The van der Waals surface area contributed by atoms with Crippen molar-refractivity contribution >= 4 is 50.7 Å². The summed E-state index contributed by atoms with van der Waals surface area (Å²) in [4.78, 5) is 28.0. The van der Waals surface area contributed by atoms with Crippen LogP contribution in [-0.4, -0.2) is 49.5 Å². The zero-order valence-corrected chi connectivity index (χ0v) is 23.5. The number of anilines is 1. The molecule has 10 heteroatoms. The van der Waals surface area contributed by atoms with Crippen molar-refractivity contribution in [3.05, 3.63) is 63.1 Å². The fourth-order valence-electron chi connectivity index (χ4n) is 3.51. The number of aryl methyl sites for hydroxylation is 1. The molecule has 0 bridgehead atoms. The van der Waals surface area contributed by atoms with E-state index in [4.69, 9.17) is 23.2 Å². The second-order valence-corrected chi connectivity index (χ2v) is 12.3. The van der Waals surface area contributed by atoms with Crippen molar-refractivity contribution in [1.82, 2.24) is 10.2 Å². The molecule has 0 aliphatic carbocycles. The van der Waals surface area contributed by atoms with E-state index in [9.17, 15) is 18.0 Å². The maximum absolute atomic E-state index is 13.7. The first-order chi connectivity index (χ1) is 16.0. The van der Waals surface area contributed by atoms with Gasteiger partial charge < -0.3 is 10.2 Å². The predicted molar refractivity (Wildman–Crippen MR) is 142 cm³/mol. The topological polar surface area (TPSA) is 86.8 Å². The molecule has 7 nitrogen and oxygen atoms in total. The van der Waals surface area contributed by atoms with E-state index in [0.717, 1.165) is 21.7 Å². The lowest BCUT2D eigenvalue weighted by Gasteiger charge is -2.33. The van der Waals surface area contributed by atoms with E-state index in [1.807, 2.05) is 33.8 Å². The molecular formula is C25H33Cl2N3O4S. The highest BCUT2D eigenvalue weighted by molar-refractivity contribution is 7.92. The van der Waals surface area contributed by atoms with Gasteiger partial charge in [-0.1, -0.05) is 41.4 Å². The summed E-state index contributed by atoms with van der Waals surface area (Å²) in [5.41, 5.74) is 1.98. The van der Waals surface area contributed by atoms with E-state index in [1.165, 1.54) is 4.90 Å². The van der Waals surface area contributed by atoms with Gasteiger partial charge in [0.15, 0.2) is 0 Å². The average Bonchev–Trinajstić information content (AvgIpc) is 2.71. The van der Waals surface area contributed by atoms with Gasteiger partial charge in [0.25, 0.3) is 0 Å². The summed E-state index contributed by atoms with van der Waals surface area (Å²) < 4.78 is 26.6. The number of sulfonamides is 1. The van der Waals surface area contributed by atoms with Gasteiger partial charge in [-0.25, -0.2) is 8.42 Å². The van der Waals surface area contributed by atoms with Gasteiger partial charge in [0.1, 0.15) is 12.6 Å². The zero-order chi connectivity index (χ0) is 26.7. The summed E-state index contributed by atoms with van der Waals surface area (Å²) in [6.07, 6.45) is 1.05. The molecule has 0 saturated heterocycles. The van der Waals surface area contributed by atoms with Crippen LogP contribution in [0.3, 0.4) is 0 Å². The molecule has 0 aliphatic rings. The number of halogens is 2. The smallest absolute Gasteiger partial charge is 0.244 e. The monoisotopic (exact) mass is 541 g/mol. The Hall–Kier alpha value is -2.29. The highest BCUT2D eigenvalue weighted by atomic mass is 35.5. The normalized spacial score (nSPS) is 12.7. The van der Waals surface area contributed by atoms with Gasteiger partial charge in [0, 0.05) is 27.7 Å². The Morgan fingerprint density at radius 3 is 2.09 bits per heavy atom. The van der Waals surface area contributed by atoms with Crippen molar-refractivity contribution in [2.45, 2.75) is 59.7 Å². The fraction of sp³-hybridized carbons (Fsp3) is 0.440. The van der Waals surface area contributed by atoms with E-state index in [2.05, 4.69) is 5.32 Å². The number of nitrogens with zero attached hydrogens (tertiary/aromatic N) is 2. The number of carbonyl (C=O) groups excluding carboxylic acids is 2. The van der Waals surface area contributed by atoms with Crippen LogP contribution >= 0.6 is 23.2 Å². The first kappa shape index (κ1) is 28.9. The second-order valence-electron chi connectivity index (χ2n) is 9.63. The number of benzene rings is 2. The SMILES string of the molecule is Cc1cccc(N(CC(=O)N(Cc2c(Cl)cccc2Cl)[C@H](C)C(=O)NC(C)(C)C)S(C)(=O)=O)c1C. The molecule has 192 valence electrons. The maximum atomic E-state index is 13.7. The van der Waals surface area contributed by atoms with Gasteiger partial charge in [-0.05, 0) is 70.9 Å². The third-order valence-electron chi connectivity index (χ3n) is 5.58. The lowest BCUT2D eigenvalue weighted by molar-refractivity contribution is -0.140. The quantitative estimate of drug-likeness (QED) is 0.524. The Morgan fingerprint density at radius 2 is 1.57 bits per heavy atom. The van der Waals surface area contributed by atoms with Crippen LogP contribution in [0, 0.1) is 13.8 Å². The van der Waals surface area contributed by atoms with Crippen LogP contribution in [0.5, 0.6) is 0 Å². The predicted octanol–water partition coefficient (Wildman–Crippen LogP) is 4.71. The van der Waals surface area contributed by atoms with Crippen LogP contribution in [-0.2, 0) is 26.2 Å². The summed E-state index contributed by atoms with van der Waals surface area (Å²) in [5.74, 6) is -0.949. The third-order valence-corrected chi connectivity index (χ3v) is 7.41. The van der Waals surface area contributed by atoms with Crippen molar-refractivity contribution in [2.75, 3.05) is 17.1 Å². The number of amides is 2. The molecule has 0 fully saturated rings. The molecule has 2 aromatic rings. The van der Waals surface area contributed by atoms with Crippen LogP contribution in [0.4, 0.5) is 5.69 Å². The Balaban J connectivity index is 2.51. The maximum Gasteiger partial charge on any atom is 0.244 e. The molecule has 0 saturated carbocycles. The number of hydrogen-bond acceptors (Lipinski definition) is 4. The van der Waals surface area contributed by atoms with E-state index >= 15 is 0 Å². The fourth-order valence-corrected chi connectivity index (χ4v) is 4.93. The minimum Gasteiger partial charge on any atom is -0.350 e. The van der Waals surface area contributed by atoms with Crippen molar-refractivity contribution in [2.24, 2.45) is 0 Å². The summed E-state index contributed by atoms with van der Waals surface area (Å²) in [5, 5.41) is 3.55. The lowest BCUT2D eigenvalue weighted by atomic mass is 10.1. The molecule has 2 amide bonds. The molecular weight excluding hydrogens is 509 g/mol. The van der Waals surface area contributed by atoms with Crippen LogP contribution in [0.2, 0.25) is 10.0 Å². The molecule has 35 heavy (non-hydrogen) atoms. The van der Waals surface area contributed by atoms with E-state index in [1.54, 1.807) is 44.2 Å². The number of rotatable bonds is 8.